The van der Waals surface area contributed by atoms with Crippen molar-refractivity contribution in [3.05, 3.63) is 113 Å². The maximum atomic E-state index is 13.3. The van der Waals surface area contributed by atoms with Crippen LogP contribution in [-0.2, 0) is 6.54 Å². The Hall–Kier alpha value is -3.39. The summed E-state index contributed by atoms with van der Waals surface area (Å²) < 4.78 is 2.30. The number of fused-ring (bicyclic) bond motifs is 1. The number of allylic oxidation sites excluding steroid dienone is 1. The van der Waals surface area contributed by atoms with Crippen LogP contribution in [0.2, 0.25) is 0 Å². The number of rotatable bonds is 6. The zero-order valence-electron chi connectivity index (χ0n) is 16.9. The summed E-state index contributed by atoms with van der Waals surface area (Å²) in [4.78, 5) is 13.3. The van der Waals surface area contributed by atoms with Gasteiger partial charge >= 0.3 is 0 Å². The van der Waals surface area contributed by atoms with Gasteiger partial charge in [-0.1, -0.05) is 98.8 Å². The van der Waals surface area contributed by atoms with E-state index in [9.17, 15) is 4.79 Å². The first-order chi connectivity index (χ1) is 14.1. The quantitative estimate of drug-likeness (QED) is 0.269. The summed E-state index contributed by atoms with van der Waals surface area (Å²) in [7, 11) is 0. The lowest BCUT2D eigenvalue weighted by Gasteiger charge is -2.15. The fourth-order valence-electron chi connectivity index (χ4n) is 3.94. The van der Waals surface area contributed by atoms with Crippen molar-refractivity contribution in [3.8, 4) is 0 Å². The van der Waals surface area contributed by atoms with Crippen molar-refractivity contribution in [3.63, 3.8) is 0 Å². The number of hydrogen-bond donors (Lipinski definition) is 0. The molecule has 0 saturated carbocycles. The van der Waals surface area contributed by atoms with Gasteiger partial charge in [-0.3, -0.25) is 4.79 Å². The molecule has 0 aliphatic carbocycles. The van der Waals surface area contributed by atoms with Crippen LogP contribution in [0.3, 0.4) is 0 Å². The Morgan fingerprint density at radius 1 is 0.862 bits per heavy atom. The maximum Gasteiger partial charge on any atom is 0.188 e. The third kappa shape index (κ3) is 3.93. The Morgan fingerprint density at radius 2 is 1.48 bits per heavy atom. The SMILES string of the molecule is CC(C)c1c(C(=O)/C=C\c2ccccc2)c2ccccc2n1Cc1ccccc1. The standard InChI is InChI=1S/C27H25NO/c1-20(2)27-26(25(29)18-17-21-11-5-3-6-12-21)23-15-9-10-16-24(23)28(27)19-22-13-7-4-8-14-22/h3-18,20H,19H2,1-2H3/b18-17-. The molecule has 1 heterocycles. The smallest absolute Gasteiger partial charge is 0.188 e. The first-order valence-electron chi connectivity index (χ1n) is 10.1. The molecule has 1 aromatic heterocycles. The largest absolute Gasteiger partial charge is 0.339 e. The molecule has 3 aromatic carbocycles. The molecule has 0 bridgehead atoms. The second kappa shape index (κ2) is 8.32. The van der Waals surface area contributed by atoms with E-state index < -0.39 is 0 Å². The van der Waals surface area contributed by atoms with E-state index in [1.807, 2.05) is 54.6 Å². The van der Waals surface area contributed by atoms with Gasteiger partial charge in [0.25, 0.3) is 0 Å². The number of ketones is 1. The van der Waals surface area contributed by atoms with E-state index in [1.54, 1.807) is 6.08 Å². The fourth-order valence-corrected chi connectivity index (χ4v) is 3.94. The van der Waals surface area contributed by atoms with Crippen molar-refractivity contribution < 1.29 is 4.79 Å². The minimum atomic E-state index is 0.0561. The van der Waals surface area contributed by atoms with E-state index in [0.717, 1.165) is 34.3 Å². The molecule has 4 aromatic rings. The normalized spacial score (nSPS) is 11.6. The molecule has 0 unspecified atom stereocenters. The van der Waals surface area contributed by atoms with E-state index in [-0.39, 0.29) is 11.7 Å². The highest BCUT2D eigenvalue weighted by Gasteiger charge is 2.23. The highest BCUT2D eigenvalue weighted by Crippen LogP contribution is 2.32. The Morgan fingerprint density at radius 3 is 2.17 bits per heavy atom. The molecule has 0 N–H and O–H groups in total. The second-order valence-corrected chi connectivity index (χ2v) is 7.61. The average molecular weight is 380 g/mol. The molecule has 144 valence electrons. The highest BCUT2D eigenvalue weighted by molar-refractivity contribution is 6.16. The molecule has 2 heteroatoms. The van der Waals surface area contributed by atoms with Gasteiger partial charge in [-0.15, -0.1) is 0 Å². The molecular formula is C27H25NO. The van der Waals surface area contributed by atoms with Crippen molar-refractivity contribution in [2.45, 2.75) is 26.3 Å². The Kier molecular flexibility index (Phi) is 5.44. The number of para-hydroxylation sites is 1. The number of aromatic nitrogens is 1. The molecular weight excluding hydrogens is 354 g/mol. The zero-order valence-corrected chi connectivity index (χ0v) is 16.9. The lowest BCUT2D eigenvalue weighted by Crippen LogP contribution is -2.09. The lowest BCUT2D eigenvalue weighted by atomic mass is 9.99. The van der Waals surface area contributed by atoms with Crippen molar-refractivity contribution in [1.29, 1.82) is 0 Å². The molecule has 0 amide bonds. The first kappa shape index (κ1) is 18.9. The minimum Gasteiger partial charge on any atom is -0.339 e. The van der Waals surface area contributed by atoms with Crippen LogP contribution in [0.25, 0.3) is 17.0 Å². The van der Waals surface area contributed by atoms with E-state index in [0.29, 0.717) is 0 Å². The van der Waals surface area contributed by atoms with Crippen molar-refractivity contribution in [2.24, 2.45) is 0 Å². The van der Waals surface area contributed by atoms with Gasteiger partial charge in [0.1, 0.15) is 0 Å². The van der Waals surface area contributed by atoms with E-state index in [4.69, 9.17) is 0 Å². The zero-order chi connectivity index (χ0) is 20.2. The highest BCUT2D eigenvalue weighted by atomic mass is 16.1. The van der Waals surface area contributed by atoms with Gasteiger partial charge in [-0.2, -0.15) is 0 Å². The summed E-state index contributed by atoms with van der Waals surface area (Å²) in [5.74, 6) is 0.288. The predicted molar refractivity (Wildman–Crippen MR) is 121 cm³/mol. The molecule has 0 aliphatic rings. The van der Waals surface area contributed by atoms with Crippen LogP contribution in [0, 0.1) is 0 Å². The van der Waals surface area contributed by atoms with Gasteiger partial charge in [-0.25, -0.2) is 0 Å². The van der Waals surface area contributed by atoms with Gasteiger partial charge in [0.05, 0.1) is 5.56 Å². The third-order valence-electron chi connectivity index (χ3n) is 5.21. The predicted octanol–water partition coefficient (Wildman–Crippen LogP) is 6.71. The maximum absolute atomic E-state index is 13.3. The average Bonchev–Trinajstić information content (AvgIpc) is 3.08. The van der Waals surface area contributed by atoms with E-state index >= 15 is 0 Å². The second-order valence-electron chi connectivity index (χ2n) is 7.61. The molecule has 0 radical (unpaired) electrons. The molecule has 4 rings (SSSR count). The monoisotopic (exact) mass is 379 g/mol. The van der Waals surface area contributed by atoms with Crippen molar-refractivity contribution in [1.82, 2.24) is 4.57 Å². The first-order valence-corrected chi connectivity index (χ1v) is 10.1. The van der Waals surface area contributed by atoms with Gasteiger partial charge in [0.2, 0.25) is 0 Å². The van der Waals surface area contributed by atoms with Gasteiger partial charge in [0.15, 0.2) is 5.78 Å². The summed E-state index contributed by atoms with van der Waals surface area (Å²) >= 11 is 0. The molecule has 0 aliphatic heterocycles. The number of benzene rings is 3. The molecule has 2 nitrogen and oxygen atoms in total. The summed E-state index contributed by atoms with van der Waals surface area (Å²) in [5.41, 5.74) is 5.28. The third-order valence-corrected chi connectivity index (χ3v) is 5.21. The van der Waals surface area contributed by atoms with Crippen LogP contribution in [0.5, 0.6) is 0 Å². The lowest BCUT2D eigenvalue weighted by molar-refractivity contribution is 0.104. The van der Waals surface area contributed by atoms with Crippen molar-refractivity contribution in [2.75, 3.05) is 0 Å². The molecule has 0 spiro atoms. The molecule has 0 fully saturated rings. The summed E-state index contributed by atoms with van der Waals surface area (Å²) in [5, 5.41) is 1.02. The van der Waals surface area contributed by atoms with Crippen LogP contribution < -0.4 is 0 Å². The molecule has 29 heavy (non-hydrogen) atoms. The summed E-state index contributed by atoms with van der Waals surface area (Å²) in [6.07, 6.45) is 3.60. The van der Waals surface area contributed by atoms with Crippen LogP contribution in [-0.4, -0.2) is 10.4 Å². The Bertz CT molecular complexity index is 1150. The molecule has 0 saturated heterocycles. The Balaban J connectivity index is 1.84. The van der Waals surface area contributed by atoms with Crippen LogP contribution >= 0.6 is 0 Å². The Labute approximate surface area is 172 Å². The van der Waals surface area contributed by atoms with Gasteiger partial charge < -0.3 is 4.57 Å². The fraction of sp³-hybridized carbons (Fsp3) is 0.148. The van der Waals surface area contributed by atoms with Gasteiger partial charge in [0, 0.05) is 23.1 Å². The number of nitrogens with zero attached hydrogens (tertiary/aromatic N) is 1. The molecule has 0 atom stereocenters. The minimum absolute atomic E-state index is 0.0561. The van der Waals surface area contributed by atoms with Crippen LogP contribution in [0.1, 0.15) is 46.9 Å². The van der Waals surface area contributed by atoms with Crippen LogP contribution in [0.4, 0.5) is 0 Å². The summed E-state index contributed by atoms with van der Waals surface area (Å²) in [6.45, 7) is 5.07. The van der Waals surface area contributed by atoms with Crippen LogP contribution in [0.15, 0.2) is 91.0 Å². The number of hydrogen-bond acceptors (Lipinski definition) is 1. The number of carbonyl (C=O) groups excluding carboxylic acids is 1. The summed E-state index contributed by atoms with van der Waals surface area (Å²) in [6, 6.07) is 28.6. The van der Waals surface area contributed by atoms with E-state index in [1.165, 1.54) is 5.56 Å². The topological polar surface area (TPSA) is 22.0 Å². The van der Waals surface area contributed by atoms with Crippen molar-refractivity contribution >= 4 is 22.8 Å². The van der Waals surface area contributed by atoms with E-state index in [2.05, 4.69) is 54.8 Å². The van der Waals surface area contributed by atoms with Gasteiger partial charge in [-0.05, 0) is 29.2 Å². The number of carbonyl (C=O) groups is 1.